The first-order chi connectivity index (χ1) is 14.5. The van der Waals surface area contributed by atoms with Crippen LogP contribution < -0.4 is 5.32 Å². The molecule has 0 radical (unpaired) electrons. The van der Waals surface area contributed by atoms with Crippen molar-refractivity contribution in [1.82, 2.24) is 24.9 Å². The van der Waals surface area contributed by atoms with Crippen molar-refractivity contribution < 1.29 is 4.79 Å². The Morgan fingerprint density at radius 2 is 1.83 bits per heavy atom. The number of amides is 1. The van der Waals surface area contributed by atoms with Crippen molar-refractivity contribution in [1.29, 1.82) is 0 Å². The lowest BCUT2D eigenvalue weighted by atomic mass is 9.86. The van der Waals surface area contributed by atoms with Crippen LogP contribution in [0, 0.1) is 5.92 Å². The first kappa shape index (κ1) is 23.2. The molecule has 0 unspecified atom stereocenters. The van der Waals surface area contributed by atoms with Gasteiger partial charge in [-0.25, -0.2) is 0 Å². The van der Waals surface area contributed by atoms with Crippen LogP contribution in [-0.4, -0.2) is 105 Å². The zero-order valence-corrected chi connectivity index (χ0v) is 19.2. The highest BCUT2D eigenvalue weighted by atomic mass is 16.1. The number of likely N-dealkylation sites (tertiary alicyclic amines) is 1. The van der Waals surface area contributed by atoms with Gasteiger partial charge in [0.05, 0.1) is 0 Å². The fraction of sp³-hybridized carbons (Fsp3) is 0.708. The zero-order chi connectivity index (χ0) is 21.3. The van der Waals surface area contributed by atoms with E-state index in [9.17, 15) is 4.79 Å². The van der Waals surface area contributed by atoms with Crippen molar-refractivity contribution in [3.8, 4) is 0 Å². The van der Waals surface area contributed by atoms with Gasteiger partial charge in [0.2, 0.25) is 5.91 Å². The molecule has 0 aromatic heterocycles. The quantitative estimate of drug-likeness (QED) is 0.663. The first-order valence-electron chi connectivity index (χ1n) is 11.6. The van der Waals surface area contributed by atoms with Gasteiger partial charge in [0.15, 0.2) is 0 Å². The standard InChI is InChI=1S/C24H41N5O/c1-26(2)14-12-25-24(30)10-9-22-20-28(19-21-7-5-4-6-8-21)13-11-23(22)29-17-15-27(3)16-18-29/h4-8,22-23H,9-20H2,1-3H3,(H,25,30)/t22-,23+/m0/s1. The predicted octanol–water partition coefficient (Wildman–Crippen LogP) is 1.58. The molecule has 2 aliphatic heterocycles. The van der Waals surface area contributed by atoms with Gasteiger partial charge < -0.3 is 15.1 Å². The van der Waals surface area contributed by atoms with E-state index in [1.54, 1.807) is 0 Å². The van der Waals surface area contributed by atoms with Crippen molar-refractivity contribution in [2.24, 2.45) is 5.92 Å². The van der Waals surface area contributed by atoms with E-state index in [-0.39, 0.29) is 5.91 Å². The average molecular weight is 416 g/mol. The Labute approximate surface area is 183 Å². The summed E-state index contributed by atoms with van der Waals surface area (Å²) in [6.07, 6.45) is 2.83. The minimum atomic E-state index is 0.203. The van der Waals surface area contributed by atoms with Crippen LogP contribution >= 0.6 is 0 Å². The van der Waals surface area contributed by atoms with Gasteiger partial charge in [0, 0.05) is 64.8 Å². The zero-order valence-electron chi connectivity index (χ0n) is 19.2. The normalized spacial score (nSPS) is 24.3. The van der Waals surface area contributed by atoms with E-state index in [1.165, 1.54) is 12.0 Å². The summed E-state index contributed by atoms with van der Waals surface area (Å²) in [7, 11) is 6.29. The molecule has 168 valence electrons. The maximum Gasteiger partial charge on any atom is 0.220 e. The largest absolute Gasteiger partial charge is 0.355 e. The maximum absolute atomic E-state index is 12.4. The summed E-state index contributed by atoms with van der Waals surface area (Å²) in [4.78, 5) is 22.2. The number of hydrogen-bond donors (Lipinski definition) is 1. The lowest BCUT2D eigenvalue weighted by Gasteiger charge is -2.46. The van der Waals surface area contributed by atoms with Crippen molar-refractivity contribution in [3.05, 3.63) is 35.9 Å². The van der Waals surface area contributed by atoms with Crippen LogP contribution in [0.1, 0.15) is 24.8 Å². The molecule has 0 spiro atoms. The van der Waals surface area contributed by atoms with Gasteiger partial charge in [-0.15, -0.1) is 0 Å². The second kappa shape index (κ2) is 11.8. The van der Waals surface area contributed by atoms with Crippen molar-refractivity contribution in [3.63, 3.8) is 0 Å². The molecule has 1 N–H and O–H groups in total. The molecule has 1 aromatic carbocycles. The van der Waals surface area contributed by atoms with Gasteiger partial charge in [0.1, 0.15) is 0 Å². The summed E-state index contributed by atoms with van der Waals surface area (Å²) in [6, 6.07) is 11.4. The molecule has 2 atom stereocenters. The number of nitrogens with one attached hydrogen (secondary N) is 1. The van der Waals surface area contributed by atoms with E-state index in [4.69, 9.17) is 0 Å². The molecule has 2 saturated heterocycles. The Bertz CT molecular complexity index is 630. The molecular weight excluding hydrogens is 374 g/mol. The number of likely N-dealkylation sites (N-methyl/N-ethyl adjacent to an activating group) is 2. The van der Waals surface area contributed by atoms with E-state index < -0.39 is 0 Å². The van der Waals surface area contributed by atoms with E-state index >= 15 is 0 Å². The fourth-order valence-electron chi connectivity index (χ4n) is 4.82. The van der Waals surface area contributed by atoms with Crippen LogP contribution in [0.3, 0.4) is 0 Å². The predicted molar refractivity (Wildman–Crippen MR) is 123 cm³/mol. The van der Waals surface area contributed by atoms with Gasteiger partial charge in [0.25, 0.3) is 0 Å². The minimum Gasteiger partial charge on any atom is -0.355 e. The molecule has 0 saturated carbocycles. The number of benzene rings is 1. The van der Waals surface area contributed by atoms with E-state index in [2.05, 4.69) is 62.3 Å². The van der Waals surface area contributed by atoms with Crippen LogP contribution in [-0.2, 0) is 11.3 Å². The number of hydrogen-bond acceptors (Lipinski definition) is 5. The van der Waals surface area contributed by atoms with E-state index in [0.717, 1.165) is 65.3 Å². The third-order valence-corrected chi connectivity index (χ3v) is 6.66. The minimum absolute atomic E-state index is 0.203. The number of piperazine rings is 1. The van der Waals surface area contributed by atoms with Gasteiger partial charge >= 0.3 is 0 Å². The molecular formula is C24H41N5O. The summed E-state index contributed by atoms with van der Waals surface area (Å²) in [5, 5.41) is 3.09. The lowest BCUT2D eigenvalue weighted by Crippen LogP contribution is -2.56. The molecule has 30 heavy (non-hydrogen) atoms. The molecule has 6 nitrogen and oxygen atoms in total. The van der Waals surface area contributed by atoms with E-state index in [0.29, 0.717) is 18.4 Å². The van der Waals surface area contributed by atoms with Crippen LogP contribution in [0.15, 0.2) is 30.3 Å². The smallest absolute Gasteiger partial charge is 0.220 e. The van der Waals surface area contributed by atoms with Crippen LogP contribution in [0.4, 0.5) is 0 Å². The van der Waals surface area contributed by atoms with Crippen LogP contribution in [0.5, 0.6) is 0 Å². The number of carbonyl (C=O) groups excluding carboxylic acids is 1. The topological polar surface area (TPSA) is 42.1 Å². The summed E-state index contributed by atoms with van der Waals surface area (Å²) in [5.41, 5.74) is 1.38. The fourth-order valence-corrected chi connectivity index (χ4v) is 4.82. The van der Waals surface area contributed by atoms with Gasteiger partial charge in [-0.2, -0.15) is 0 Å². The highest BCUT2D eigenvalue weighted by Gasteiger charge is 2.34. The number of rotatable bonds is 9. The molecule has 2 aliphatic rings. The molecule has 0 aliphatic carbocycles. The van der Waals surface area contributed by atoms with Gasteiger partial charge in [-0.05, 0) is 52.0 Å². The molecule has 6 heteroatoms. The monoisotopic (exact) mass is 415 g/mol. The first-order valence-corrected chi connectivity index (χ1v) is 11.6. The molecule has 3 rings (SSSR count). The highest BCUT2D eigenvalue weighted by Crippen LogP contribution is 2.28. The van der Waals surface area contributed by atoms with E-state index in [1.807, 2.05) is 14.1 Å². The van der Waals surface area contributed by atoms with Gasteiger partial charge in [-0.3, -0.25) is 14.6 Å². The number of nitrogens with zero attached hydrogens (tertiary/aromatic N) is 4. The average Bonchev–Trinajstić information content (AvgIpc) is 2.74. The lowest BCUT2D eigenvalue weighted by molar-refractivity contribution is -0.121. The molecule has 2 heterocycles. The third kappa shape index (κ3) is 7.34. The summed E-state index contributed by atoms with van der Waals surface area (Å²) in [6.45, 7) is 9.51. The molecule has 2 fully saturated rings. The highest BCUT2D eigenvalue weighted by molar-refractivity contribution is 5.75. The molecule has 1 aromatic rings. The Hall–Kier alpha value is -1.47. The van der Waals surface area contributed by atoms with Crippen molar-refractivity contribution in [2.75, 3.05) is 73.5 Å². The second-order valence-electron chi connectivity index (χ2n) is 9.37. The Morgan fingerprint density at radius 3 is 2.53 bits per heavy atom. The van der Waals surface area contributed by atoms with Crippen LogP contribution in [0.2, 0.25) is 0 Å². The summed E-state index contributed by atoms with van der Waals surface area (Å²) in [5.74, 6) is 0.764. The third-order valence-electron chi connectivity index (χ3n) is 6.66. The Balaban J connectivity index is 1.56. The molecule has 0 bridgehead atoms. The van der Waals surface area contributed by atoms with Crippen LogP contribution in [0.25, 0.3) is 0 Å². The maximum atomic E-state index is 12.4. The Morgan fingerprint density at radius 1 is 1.10 bits per heavy atom. The van der Waals surface area contributed by atoms with Crippen molar-refractivity contribution in [2.45, 2.75) is 31.8 Å². The SMILES string of the molecule is CN(C)CCNC(=O)CC[C@H]1CN(Cc2ccccc2)CC[C@H]1N1CCN(C)CC1. The van der Waals surface area contributed by atoms with Gasteiger partial charge in [-0.1, -0.05) is 30.3 Å². The number of piperidine rings is 1. The molecule has 1 amide bonds. The second-order valence-corrected chi connectivity index (χ2v) is 9.37. The summed E-state index contributed by atoms with van der Waals surface area (Å²) >= 11 is 0. The number of carbonyl (C=O) groups is 1. The van der Waals surface area contributed by atoms with Crippen molar-refractivity contribution >= 4 is 5.91 Å². The Kier molecular flexibility index (Phi) is 9.12. The summed E-state index contributed by atoms with van der Waals surface area (Å²) < 4.78 is 0.